The Hall–Kier alpha value is -1.18. The van der Waals surface area contributed by atoms with Crippen LogP contribution in [0.3, 0.4) is 0 Å². The molecule has 1 unspecified atom stereocenters. The maximum absolute atomic E-state index is 12.0. The van der Waals surface area contributed by atoms with Crippen molar-refractivity contribution in [2.75, 3.05) is 39.4 Å². The number of thiazole rings is 1. The van der Waals surface area contributed by atoms with Crippen LogP contribution in [0.1, 0.15) is 31.0 Å². The Balaban J connectivity index is 1.71. The summed E-state index contributed by atoms with van der Waals surface area (Å²) in [5.41, 5.74) is 1.02. The van der Waals surface area contributed by atoms with Gasteiger partial charge in [0.1, 0.15) is 0 Å². The zero-order valence-corrected chi connectivity index (χ0v) is 15.2. The van der Waals surface area contributed by atoms with E-state index in [1.165, 1.54) is 0 Å². The summed E-state index contributed by atoms with van der Waals surface area (Å²) in [5, 5.41) is 9.03. The van der Waals surface area contributed by atoms with E-state index in [4.69, 9.17) is 4.74 Å². The summed E-state index contributed by atoms with van der Waals surface area (Å²) in [6, 6.07) is -0.107. The molecule has 1 saturated heterocycles. The zero-order chi connectivity index (χ0) is 16.7. The number of nitrogens with one attached hydrogen (secondary N) is 2. The second kappa shape index (κ2) is 8.61. The minimum absolute atomic E-state index is 0.0207. The topological polar surface area (TPSA) is 66.5 Å². The largest absolute Gasteiger partial charge is 0.379 e. The van der Waals surface area contributed by atoms with E-state index in [9.17, 15) is 4.79 Å². The van der Waals surface area contributed by atoms with Crippen LogP contribution in [0.2, 0.25) is 0 Å². The van der Waals surface area contributed by atoms with Crippen LogP contribution in [0.4, 0.5) is 4.79 Å². The number of urea groups is 1. The molecular weight excluding hydrogens is 312 g/mol. The summed E-state index contributed by atoms with van der Waals surface area (Å²) in [7, 11) is 0. The molecule has 2 rings (SSSR count). The van der Waals surface area contributed by atoms with Gasteiger partial charge in [0.05, 0.1) is 23.9 Å². The molecule has 1 atom stereocenters. The maximum Gasteiger partial charge on any atom is 0.314 e. The molecule has 23 heavy (non-hydrogen) atoms. The molecule has 2 amide bonds. The highest BCUT2D eigenvalue weighted by Crippen LogP contribution is 2.19. The van der Waals surface area contributed by atoms with Crippen molar-refractivity contribution in [3.8, 4) is 0 Å². The van der Waals surface area contributed by atoms with Crippen molar-refractivity contribution in [3.63, 3.8) is 0 Å². The van der Waals surface area contributed by atoms with Crippen molar-refractivity contribution < 1.29 is 9.53 Å². The van der Waals surface area contributed by atoms with Crippen LogP contribution in [-0.4, -0.2) is 60.8 Å². The molecular formula is C16H28N4O2S. The van der Waals surface area contributed by atoms with Gasteiger partial charge in [0.15, 0.2) is 0 Å². The summed E-state index contributed by atoms with van der Waals surface area (Å²) in [6.45, 7) is 11.0. The summed E-state index contributed by atoms with van der Waals surface area (Å²) in [4.78, 5) is 18.8. The SMILES string of the molecule is CCC(C)(CNC(=O)NCCc1csc(C)n1)N1CCOCC1. The minimum Gasteiger partial charge on any atom is -0.379 e. The maximum atomic E-state index is 12.0. The average Bonchev–Trinajstić information content (AvgIpc) is 2.99. The average molecular weight is 340 g/mol. The number of nitrogens with zero attached hydrogens (tertiary/aromatic N) is 2. The molecule has 0 spiro atoms. The smallest absolute Gasteiger partial charge is 0.314 e. The number of aryl methyl sites for hydroxylation is 1. The van der Waals surface area contributed by atoms with Crippen molar-refractivity contribution >= 4 is 17.4 Å². The molecule has 7 heteroatoms. The van der Waals surface area contributed by atoms with Crippen molar-refractivity contribution in [3.05, 3.63) is 16.1 Å². The van der Waals surface area contributed by atoms with Crippen LogP contribution >= 0.6 is 11.3 Å². The van der Waals surface area contributed by atoms with Crippen LogP contribution in [0.15, 0.2) is 5.38 Å². The highest BCUT2D eigenvalue weighted by Gasteiger charge is 2.31. The number of carbonyl (C=O) groups excluding carboxylic acids is 1. The molecule has 2 heterocycles. The van der Waals surface area contributed by atoms with Crippen LogP contribution in [0.5, 0.6) is 0 Å². The Morgan fingerprint density at radius 2 is 2.17 bits per heavy atom. The van der Waals surface area contributed by atoms with E-state index in [2.05, 4.69) is 34.4 Å². The third kappa shape index (κ3) is 5.44. The highest BCUT2D eigenvalue weighted by atomic mass is 32.1. The van der Waals surface area contributed by atoms with E-state index in [0.717, 1.165) is 49.8 Å². The van der Waals surface area contributed by atoms with E-state index in [-0.39, 0.29) is 11.6 Å². The summed E-state index contributed by atoms with van der Waals surface area (Å²) in [6.07, 6.45) is 1.76. The third-order valence-corrected chi connectivity index (χ3v) is 5.32. The molecule has 2 N–H and O–H groups in total. The molecule has 0 bridgehead atoms. The first-order chi connectivity index (χ1) is 11.0. The van der Waals surface area contributed by atoms with E-state index < -0.39 is 0 Å². The van der Waals surface area contributed by atoms with Crippen LogP contribution in [0, 0.1) is 6.92 Å². The first kappa shape index (κ1) is 18.2. The monoisotopic (exact) mass is 340 g/mol. The van der Waals surface area contributed by atoms with Gasteiger partial charge in [0.2, 0.25) is 0 Å². The van der Waals surface area contributed by atoms with Gasteiger partial charge in [-0.05, 0) is 20.3 Å². The lowest BCUT2D eigenvalue weighted by atomic mass is 9.95. The van der Waals surface area contributed by atoms with Gasteiger partial charge in [-0.2, -0.15) is 0 Å². The molecule has 0 saturated carbocycles. The molecule has 6 nitrogen and oxygen atoms in total. The number of rotatable bonds is 7. The van der Waals surface area contributed by atoms with Gasteiger partial charge in [-0.1, -0.05) is 6.92 Å². The van der Waals surface area contributed by atoms with Crippen molar-refractivity contribution in [1.82, 2.24) is 20.5 Å². The first-order valence-electron chi connectivity index (χ1n) is 8.29. The number of ether oxygens (including phenoxy) is 1. The van der Waals surface area contributed by atoms with Gasteiger partial charge >= 0.3 is 6.03 Å². The zero-order valence-electron chi connectivity index (χ0n) is 14.4. The molecule has 0 radical (unpaired) electrons. The Labute approximate surface area is 142 Å². The lowest BCUT2D eigenvalue weighted by Crippen LogP contribution is -2.57. The number of aromatic nitrogens is 1. The number of carbonyl (C=O) groups is 1. The Kier molecular flexibility index (Phi) is 6.80. The molecule has 1 aromatic heterocycles. The predicted molar refractivity (Wildman–Crippen MR) is 93.0 cm³/mol. The van der Waals surface area contributed by atoms with Gasteiger partial charge in [-0.3, -0.25) is 4.90 Å². The summed E-state index contributed by atoms with van der Waals surface area (Å²) < 4.78 is 5.42. The fraction of sp³-hybridized carbons (Fsp3) is 0.750. The number of morpholine rings is 1. The summed E-state index contributed by atoms with van der Waals surface area (Å²) >= 11 is 1.64. The lowest BCUT2D eigenvalue weighted by Gasteiger charge is -2.43. The molecule has 0 aromatic carbocycles. The van der Waals surface area contributed by atoms with E-state index in [0.29, 0.717) is 13.1 Å². The van der Waals surface area contributed by atoms with E-state index >= 15 is 0 Å². The van der Waals surface area contributed by atoms with E-state index in [1.54, 1.807) is 11.3 Å². The van der Waals surface area contributed by atoms with Crippen molar-refractivity contribution in [2.24, 2.45) is 0 Å². The van der Waals surface area contributed by atoms with Crippen LogP contribution in [-0.2, 0) is 11.2 Å². The standard InChI is InChI=1S/C16H28N4O2S/c1-4-16(3,20-7-9-22-10-8-20)12-18-15(21)17-6-5-14-11-23-13(2)19-14/h11H,4-10,12H2,1-3H3,(H2,17,18,21). The molecule has 0 aliphatic carbocycles. The van der Waals surface area contributed by atoms with Crippen molar-refractivity contribution in [1.29, 1.82) is 0 Å². The number of hydrogen-bond acceptors (Lipinski definition) is 5. The fourth-order valence-electron chi connectivity index (χ4n) is 2.72. The van der Waals surface area contributed by atoms with Gasteiger partial charge < -0.3 is 15.4 Å². The number of amides is 2. The Morgan fingerprint density at radius 1 is 1.43 bits per heavy atom. The normalized spacial score (nSPS) is 18.4. The molecule has 1 aliphatic heterocycles. The van der Waals surface area contributed by atoms with Gasteiger partial charge in [-0.15, -0.1) is 11.3 Å². The molecule has 1 aliphatic rings. The fourth-order valence-corrected chi connectivity index (χ4v) is 3.37. The quantitative estimate of drug-likeness (QED) is 0.794. The molecule has 1 aromatic rings. The van der Waals surface area contributed by atoms with Gasteiger partial charge in [0, 0.05) is 43.5 Å². The van der Waals surface area contributed by atoms with Gasteiger partial charge in [-0.25, -0.2) is 9.78 Å². The number of hydrogen-bond donors (Lipinski definition) is 2. The van der Waals surface area contributed by atoms with Crippen molar-refractivity contribution in [2.45, 2.75) is 39.2 Å². The Bertz CT molecular complexity index is 502. The first-order valence-corrected chi connectivity index (χ1v) is 9.17. The summed E-state index contributed by atoms with van der Waals surface area (Å²) in [5.74, 6) is 0. The molecule has 1 fully saturated rings. The predicted octanol–water partition coefficient (Wildman–Crippen LogP) is 1.79. The highest BCUT2D eigenvalue weighted by molar-refractivity contribution is 7.09. The second-order valence-corrected chi connectivity index (χ2v) is 7.23. The van der Waals surface area contributed by atoms with Gasteiger partial charge in [0.25, 0.3) is 0 Å². The minimum atomic E-state index is -0.107. The van der Waals surface area contributed by atoms with E-state index in [1.807, 2.05) is 12.3 Å². The van der Waals surface area contributed by atoms with Crippen LogP contribution in [0.25, 0.3) is 0 Å². The lowest BCUT2D eigenvalue weighted by molar-refractivity contribution is -0.0164. The second-order valence-electron chi connectivity index (χ2n) is 6.17. The molecule has 130 valence electrons. The van der Waals surface area contributed by atoms with Crippen LogP contribution < -0.4 is 10.6 Å². The Morgan fingerprint density at radius 3 is 2.78 bits per heavy atom. The third-order valence-electron chi connectivity index (χ3n) is 4.50.